The first-order valence-corrected chi connectivity index (χ1v) is 7.25. The molecule has 2 atom stereocenters. The fourth-order valence-electron chi connectivity index (χ4n) is 2.99. The van der Waals surface area contributed by atoms with Crippen LogP contribution in [0.15, 0.2) is 18.2 Å². The van der Waals surface area contributed by atoms with Crippen molar-refractivity contribution >= 4 is 29.3 Å². The lowest BCUT2D eigenvalue weighted by Crippen LogP contribution is -2.47. The number of carbonyl (C=O) groups is 1. The van der Waals surface area contributed by atoms with Crippen LogP contribution in [-0.2, 0) is 11.4 Å². The molecule has 1 aliphatic rings. The predicted molar refractivity (Wildman–Crippen MR) is 87.1 cm³/mol. The number of nitrogens with zero attached hydrogens (tertiary/aromatic N) is 1. The molecule has 6 nitrogen and oxygen atoms in total. The number of halogens is 1. The number of aromatic amines is 1. The Morgan fingerprint density at radius 2 is 2.32 bits per heavy atom. The van der Waals surface area contributed by atoms with Crippen molar-refractivity contribution in [2.24, 2.45) is 0 Å². The van der Waals surface area contributed by atoms with Gasteiger partial charge >= 0.3 is 0 Å². The zero-order chi connectivity index (χ0) is 14.8. The van der Waals surface area contributed by atoms with Gasteiger partial charge in [0.25, 0.3) is 0 Å². The first-order valence-electron chi connectivity index (χ1n) is 7.25. The molecule has 1 amide bonds. The zero-order valence-electron chi connectivity index (χ0n) is 12.4. The minimum absolute atomic E-state index is 0. The van der Waals surface area contributed by atoms with Crippen molar-refractivity contribution in [1.29, 1.82) is 0 Å². The number of imidazole rings is 1. The van der Waals surface area contributed by atoms with Gasteiger partial charge in [0, 0.05) is 31.0 Å². The average molecular weight is 325 g/mol. The van der Waals surface area contributed by atoms with Gasteiger partial charge in [-0.05, 0) is 19.0 Å². The highest BCUT2D eigenvalue weighted by Gasteiger charge is 2.29. The van der Waals surface area contributed by atoms with E-state index in [-0.39, 0.29) is 36.9 Å². The van der Waals surface area contributed by atoms with Crippen LogP contribution < -0.4 is 10.6 Å². The number of aliphatic hydroxyl groups is 1. The van der Waals surface area contributed by atoms with Crippen molar-refractivity contribution < 1.29 is 9.90 Å². The molecule has 120 valence electrons. The topological polar surface area (TPSA) is 90.0 Å². The van der Waals surface area contributed by atoms with E-state index in [1.165, 1.54) is 0 Å². The molecule has 2 heterocycles. The van der Waals surface area contributed by atoms with Crippen molar-refractivity contribution in [3.63, 3.8) is 0 Å². The predicted octanol–water partition coefficient (Wildman–Crippen LogP) is 1.06. The molecule has 3 rings (SSSR count). The largest absolute Gasteiger partial charge is 0.392 e. The Morgan fingerprint density at radius 3 is 3.05 bits per heavy atom. The van der Waals surface area contributed by atoms with Gasteiger partial charge in [-0.2, -0.15) is 0 Å². The number of aromatic nitrogens is 2. The molecule has 1 fully saturated rings. The van der Waals surface area contributed by atoms with Crippen LogP contribution in [0.25, 0.3) is 11.0 Å². The zero-order valence-corrected chi connectivity index (χ0v) is 13.2. The number of amides is 1. The SMILES string of the molecule is CC(=O)N[C@@H]1CCNC[C@@H]1c1nc2c(CO)cccc2[nH]1.Cl. The lowest BCUT2D eigenvalue weighted by molar-refractivity contribution is -0.119. The first-order chi connectivity index (χ1) is 10.2. The van der Waals surface area contributed by atoms with Gasteiger partial charge in [0.2, 0.25) is 5.91 Å². The van der Waals surface area contributed by atoms with Gasteiger partial charge in [-0.25, -0.2) is 4.98 Å². The maximum atomic E-state index is 11.4. The molecule has 0 saturated carbocycles. The number of nitrogens with one attached hydrogen (secondary N) is 3. The van der Waals surface area contributed by atoms with E-state index in [0.29, 0.717) is 0 Å². The van der Waals surface area contributed by atoms with Crippen molar-refractivity contribution in [3.05, 3.63) is 29.6 Å². The molecule has 0 unspecified atom stereocenters. The molecule has 0 spiro atoms. The summed E-state index contributed by atoms with van der Waals surface area (Å²) < 4.78 is 0. The van der Waals surface area contributed by atoms with Gasteiger partial charge in [0.15, 0.2) is 0 Å². The molecule has 1 saturated heterocycles. The number of fused-ring (bicyclic) bond motifs is 1. The van der Waals surface area contributed by atoms with E-state index in [4.69, 9.17) is 0 Å². The van der Waals surface area contributed by atoms with Crippen molar-refractivity contribution in [1.82, 2.24) is 20.6 Å². The van der Waals surface area contributed by atoms with E-state index in [0.717, 1.165) is 41.9 Å². The third kappa shape index (κ3) is 3.24. The highest BCUT2D eigenvalue weighted by Crippen LogP contribution is 2.25. The summed E-state index contributed by atoms with van der Waals surface area (Å²) in [6.45, 7) is 3.18. The number of aliphatic hydroxyl groups excluding tert-OH is 1. The smallest absolute Gasteiger partial charge is 0.217 e. The minimum atomic E-state index is -0.0281. The fraction of sp³-hybridized carbons (Fsp3) is 0.467. The lowest BCUT2D eigenvalue weighted by Gasteiger charge is -2.31. The van der Waals surface area contributed by atoms with E-state index in [1.54, 1.807) is 6.92 Å². The minimum Gasteiger partial charge on any atom is -0.392 e. The molecular weight excluding hydrogens is 304 g/mol. The Bertz CT molecular complexity index is 658. The van der Waals surface area contributed by atoms with Crippen LogP contribution in [0.4, 0.5) is 0 Å². The van der Waals surface area contributed by atoms with E-state index < -0.39 is 0 Å². The standard InChI is InChI=1S/C15H20N4O2.ClH/c1-9(21)17-12-5-6-16-7-11(12)15-18-13-4-2-3-10(8-20)14(13)19-15;/h2-4,11-12,16,20H,5-8H2,1H3,(H,17,21)(H,18,19);1H/t11-,12+;/m0./s1. The monoisotopic (exact) mass is 324 g/mol. The third-order valence-electron chi connectivity index (χ3n) is 4.01. The van der Waals surface area contributed by atoms with Crippen molar-refractivity contribution in [2.45, 2.75) is 31.9 Å². The summed E-state index contributed by atoms with van der Waals surface area (Å²) >= 11 is 0. The molecule has 1 aromatic carbocycles. The Hall–Kier alpha value is -1.63. The fourth-order valence-corrected chi connectivity index (χ4v) is 2.99. The van der Waals surface area contributed by atoms with Crippen LogP contribution in [0, 0.1) is 0 Å². The van der Waals surface area contributed by atoms with Gasteiger partial charge in [-0.3, -0.25) is 4.79 Å². The molecule has 7 heteroatoms. The van der Waals surface area contributed by atoms with Gasteiger partial charge in [0.1, 0.15) is 5.82 Å². The van der Waals surface area contributed by atoms with Crippen LogP contribution >= 0.6 is 12.4 Å². The molecule has 0 radical (unpaired) electrons. The molecule has 22 heavy (non-hydrogen) atoms. The Morgan fingerprint density at radius 1 is 1.50 bits per heavy atom. The van der Waals surface area contributed by atoms with Crippen LogP contribution in [0.1, 0.15) is 30.7 Å². The number of hydrogen-bond donors (Lipinski definition) is 4. The number of H-pyrrole nitrogens is 1. The second kappa shape index (κ2) is 7.09. The molecule has 0 bridgehead atoms. The summed E-state index contributed by atoms with van der Waals surface area (Å²) in [5.41, 5.74) is 2.54. The average Bonchev–Trinajstić information content (AvgIpc) is 2.90. The molecule has 2 aromatic rings. The van der Waals surface area contributed by atoms with Crippen molar-refractivity contribution in [3.8, 4) is 0 Å². The lowest BCUT2D eigenvalue weighted by atomic mass is 9.92. The van der Waals surface area contributed by atoms with Crippen LogP contribution in [-0.4, -0.2) is 40.1 Å². The maximum absolute atomic E-state index is 11.4. The van der Waals surface area contributed by atoms with Crippen LogP contribution in [0.2, 0.25) is 0 Å². The van der Waals surface area contributed by atoms with Gasteiger partial charge < -0.3 is 20.7 Å². The number of para-hydroxylation sites is 1. The van der Waals surface area contributed by atoms with Gasteiger partial charge in [-0.1, -0.05) is 12.1 Å². The molecule has 4 N–H and O–H groups in total. The van der Waals surface area contributed by atoms with E-state index in [1.807, 2.05) is 18.2 Å². The van der Waals surface area contributed by atoms with Gasteiger partial charge in [-0.15, -0.1) is 12.4 Å². The number of benzene rings is 1. The summed E-state index contributed by atoms with van der Waals surface area (Å²) in [7, 11) is 0. The number of hydrogen-bond acceptors (Lipinski definition) is 4. The van der Waals surface area contributed by atoms with E-state index in [2.05, 4.69) is 20.6 Å². The normalized spacial score (nSPS) is 21.4. The second-order valence-electron chi connectivity index (χ2n) is 5.50. The summed E-state index contributed by atoms with van der Waals surface area (Å²) in [5, 5.41) is 15.8. The molecule has 1 aliphatic heterocycles. The highest BCUT2D eigenvalue weighted by molar-refractivity contribution is 5.85. The third-order valence-corrected chi connectivity index (χ3v) is 4.01. The molecular formula is C15H21ClN4O2. The van der Waals surface area contributed by atoms with Crippen molar-refractivity contribution in [2.75, 3.05) is 13.1 Å². The number of piperidine rings is 1. The van der Waals surface area contributed by atoms with E-state index in [9.17, 15) is 9.90 Å². The summed E-state index contributed by atoms with van der Waals surface area (Å²) in [5.74, 6) is 0.956. The van der Waals surface area contributed by atoms with Crippen LogP contribution in [0.5, 0.6) is 0 Å². The molecule has 0 aliphatic carbocycles. The van der Waals surface area contributed by atoms with Gasteiger partial charge in [0.05, 0.1) is 17.6 Å². The maximum Gasteiger partial charge on any atom is 0.217 e. The Balaban J connectivity index is 0.00000176. The summed E-state index contributed by atoms with van der Waals surface area (Å²) in [4.78, 5) is 19.4. The summed E-state index contributed by atoms with van der Waals surface area (Å²) in [6.07, 6.45) is 0.883. The first kappa shape index (κ1) is 16.7. The second-order valence-corrected chi connectivity index (χ2v) is 5.50. The molecule has 1 aromatic heterocycles. The quantitative estimate of drug-likeness (QED) is 0.679. The Labute approximate surface area is 135 Å². The summed E-state index contributed by atoms with van der Waals surface area (Å²) in [6, 6.07) is 5.81. The highest BCUT2D eigenvalue weighted by atomic mass is 35.5. The number of carbonyl (C=O) groups excluding carboxylic acids is 1. The Kier molecular flexibility index (Phi) is 5.39. The van der Waals surface area contributed by atoms with E-state index >= 15 is 0 Å². The van der Waals surface area contributed by atoms with Crippen LogP contribution in [0.3, 0.4) is 0 Å². The number of rotatable bonds is 3.